The predicted octanol–water partition coefficient (Wildman–Crippen LogP) is 0.939. The van der Waals surface area contributed by atoms with Gasteiger partial charge in [-0.1, -0.05) is 29.8 Å². The second-order valence-electron chi connectivity index (χ2n) is 3.99. The first-order valence-electron chi connectivity index (χ1n) is 5.46. The fraction of sp³-hybridized carbons (Fsp3) is 0.333. The second kappa shape index (κ2) is 6.98. The van der Waals surface area contributed by atoms with Crippen LogP contribution < -0.4 is 10.9 Å². The Bertz CT molecular complexity index is 437. The Hall–Kier alpha value is -1.59. The van der Waals surface area contributed by atoms with Gasteiger partial charge in [0, 0.05) is 18.5 Å². The Morgan fingerprint density at radius 1 is 1.28 bits per heavy atom. The molecule has 0 aliphatic carbocycles. The summed E-state index contributed by atoms with van der Waals surface area (Å²) in [5.41, 5.74) is 5.49. The minimum atomic E-state index is -0.308. The van der Waals surface area contributed by atoms with Crippen molar-refractivity contribution in [2.24, 2.45) is 0 Å². The monoisotopic (exact) mass is 269 g/mol. The van der Waals surface area contributed by atoms with Gasteiger partial charge in [-0.2, -0.15) is 0 Å². The molecule has 0 aromatic heterocycles. The van der Waals surface area contributed by atoms with Crippen molar-refractivity contribution in [2.75, 3.05) is 13.6 Å². The van der Waals surface area contributed by atoms with Crippen LogP contribution in [-0.4, -0.2) is 30.3 Å². The Labute approximate surface area is 111 Å². The zero-order valence-electron chi connectivity index (χ0n) is 10.4. The third-order valence-corrected chi connectivity index (χ3v) is 2.56. The number of amides is 2. The molecular formula is C12H16ClN3O2. The molecule has 0 aliphatic heterocycles. The summed E-state index contributed by atoms with van der Waals surface area (Å²) >= 11 is 6.02. The van der Waals surface area contributed by atoms with Gasteiger partial charge in [-0.05, 0) is 18.7 Å². The second-order valence-corrected chi connectivity index (χ2v) is 4.40. The summed E-state index contributed by atoms with van der Waals surface area (Å²) in [4.78, 5) is 23.8. The van der Waals surface area contributed by atoms with Crippen molar-refractivity contribution in [3.63, 3.8) is 0 Å². The van der Waals surface area contributed by atoms with E-state index < -0.39 is 0 Å². The standard InChI is InChI=1S/C12H16ClN3O2/c1-9(17)14-15-12(18)8-16(2)7-10-5-3-4-6-11(10)13/h3-6H,7-8H2,1-2H3,(H,14,17)(H,15,18). The smallest absolute Gasteiger partial charge is 0.252 e. The molecule has 0 radical (unpaired) electrons. The van der Waals surface area contributed by atoms with Crippen LogP contribution in [0, 0.1) is 0 Å². The highest BCUT2D eigenvalue weighted by molar-refractivity contribution is 6.31. The number of carbonyl (C=O) groups excluding carboxylic acids is 2. The summed E-state index contributed by atoms with van der Waals surface area (Å²) in [5.74, 6) is -0.586. The average molecular weight is 270 g/mol. The molecule has 5 nitrogen and oxygen atoms in total. The van der Waals surface area contributed by atoms with E-state index >= 15 is 0 Å². The van der Waals surface area contributed by atoms with Crippen molar-refractivity contribution in [1.82, 2.24) is 15.8 Å². The molecule has 6 heteroatoms. The van der Waals surface area contributed by atoms with E-state index in [1.165, 1.54) is 6.92 Å². The molecule has 18 heavy (non-hydrogen) atoms. The lowest BCUT2D eigenvalue weighted by molar-refractivity contribution is -0.128. The third kappa shape index (κ3) is 5.16. The van der Waals surface area contributed by atoms with Crippen LogP contribution >= 0.6 is 11.6 Å². The largest absolute Gasteiger partial charge is 0.293 e. The number of likely N-dealkylation sites (N-methyl/N-ethyl adjacent to an activating group) is 1. The molecule has 98 valence electrons. The zero-order valence-corrected chi connectivity index (χ0v) is 11.1. The van der Waals surface area contributed by atoms with Crippen molar-refractivity contribution in [3.8, 4) is 0 Å². The highest BCUT2D eigenvalue weighted by Crippen LogP contribution is 2.16. The highest BCUT2D eigenvalue weighted by Gasteiger charge is 2.08. The van der Waals surface area contributed by atoms with Gasteiger partial charge in [0.2, 0.25) is 5.91 Å². The van der Waals surface area contributed by atoms with Crippen LogP contribution in [0.4, 0.5) is 0 Å². The van der Waals surface area contributed by atoms with Gasteiger partial charge in [-0.15, -0.1) is 0 Å². The topological polar surface area (TPSA) is 61.4 Å². The van der Waals surface area contributed by atoms with Crippen molar-refractivity contribution in [2.45, 2.75) is 13.5 Å². The van der Waals surface area contributed by atoms with Crippen molar-refractivity contribution in [1.29, 1.82) is 0 Å². The van der Waals surface area contributed by atoms with Crippen LogP contribution in [-0.2, 0) is 16.1 Å². The summed E-state index contributed by atoms with van der Waals surface area (Å²) in [6.07, 6.45) is 0. The van der Waals surface area contributed by atoms with E-state index in [1.54, 1.807) is 11.9 Å². The lowest BCUT2D eigenvalue weighted by Gasteiger charge is -2.17. The Balaban J connectivity index is 2.42. The van der Waals surface area contributed by atoms with Gasteiger partial charge < -0.3 is 0 Å². The fourth-order valence-corrected chi connectivity index (χ4v) is 1.61. The molecule has 0 unspecified atom stereocenters. The molecule has 0 saturated heterocycles. The molecule has 2 amide bonds. The van der Waals surface area contributed by atoms with Gasteiger partial charge in [0.1, 0.15) is 0 Å². The van der Waals surface area contributed by atoms with E-state index in [4.69, 9.17) is 11.6 Å². The normalized spacial score (nSPS) is 10.2. The summed E-state index contributed by atoms with van der Waals surface area (Å²) in [5, 5.41) is 0.673. The minimum Gasteiger partial charge on any atom is -0.293 e. The maximum absolute atomic E-state index is 11.4. The summed E-state index contributed by atoms with van der Waals surface area (Å²) < 4.78 is 0. The molecule has 2 N–H and O–H groups in total. The van der Waals surface area contributed by atoms with Crippen molar-refractivity contribution in [3.05, 3.63) is 34.9 Å². The molecule has 0 spiro atoms. The van der Waals surface area contributed by atoms with Crippen LogP contribution in [0.5, 0.6) is 0 Å². The Kier molecular flexibility index (Phi) is 5.61. The average Bonchev–Trinajstić information content (AvgIpc) is 2.29. The highest BCUT2D eigenvalue weighted by atomic mass is 35.5. The van der Waals surface area contributed by atoms with Crippen LogP contribution in [0.1, 0.15) is 12.5 Å². The SMILES string of the molecule is CC(=O)NNC(=O)CN(C)Cc1ccccc1Cl. The van der Waals surface area contributed by atoms with E-state index in [9.17, 15) is 9.59 Å². The van der Waals surface area contributed by atoms with Crippen LogP contribution in [0.25, 0.3) is 0 Å². The van der Waals surface area contributed by atoms with E-state index in [0.717, 1.165) is 5.56 Å². The molecule has 0 fully saturated rings. The van der Waals surface area contributed by atoms with Gasteiger partial charge >= 0.3 is 0 Å². The number of halogens is 1. The molecule has 0 atom stereocenters. The number of benzene rings is 1. The molecule has 0 saturated carbocycles. The lowest BCUT2D eigenvalue weighted by Crippen LogP contribution is -2.44. The molecule has 1 aromatic carbocycles. The maximum Gasteiger partial charge on any atom is 0.252 e. The first-order chi connectivity index (χ1) is 8.49. The molecular weight excluding hydrogens is 254 g/mol. The van der Waals surface area contributed by atoms with Crippen LogP contribution in [0.2, 0.25) is 5.02 Å². The first kappa shape index (κ1) is 14.5. The number of hydrogen-bond donors (Lipinski definition) is 2. The summed E-state index contributed by atoms with van der Waals surface area (Å²) in [7, 11) is 1.80. The van der Waals surface area contributed by atoms with Gasteiger partial charge in [0.05, 0.1) is 6.54 Å². The maximum atomic E-state index is 11.4. The van der Waals surface area contributed by atoms with E-state index in [-0.39, 0.29) is 18.4 Å². The summed E-state index contributed by atoms with van der Waals surface area (Å²) in [6, 6.07) is 7.47. The van der Waals surface area contributed by atoms with Gasteiger partial charge in [-0.3, -0.25) is 25.3 Å². The van der Waals surface area contributed by atoms with Crippen molar-refractivity contribution >= 4 is 23.4 Å². The lowest BCUT2D eigenvalue weighted by atomic mass is 10.2. The number of hydrazine groups is 1. The van der Waals surface area contributed by atoms with Crippen LogP contribution in [0.15, 0.2) is 24.3 Å². The first-order valence-corrected chi connectivity index (χ1v) is 5.84. The number of carbonyl (C=O) groups is 2. The van der Waals surface area contributed by atoms with Gasteiger partial charge in [-0.25, -0.2) is 0 Å². The third-order valence-electron chi connectivity index (χ3n) is 2.19. The van der Waals surface area contributed by atoms with Gasteiger partial charge in [0.25, 0.3) is 5.91 Å². The predicted molar refractivity (Wildman–Crippen MR) is 69.7 cm³/mol. The van der Waals surface area contributed by atoms with Crippen LogP contribution in [0.3, 0.4) is 0 Å². The van der Waals surface area contributed by atoms with Gasteiger partial charge in [0.15, 0.2) is 0 Å². The number of rotatable bonds is 4. The Morgan fingerprint density at radius 2 is 1.94 bits per heavy atom. The van der Waals surface area contributed by atoms with Crippen molar-refractivity contribution < 1.29 is 9.59 Å². The molecule has 1 aromatic rings. The van der Waals surface area contributed by atoms with E-state index in [0.29, 0.717) is 11.6 Å². The van der Waals surface area contributed by atoms with E-state index in [2.05, 4.69) is 10.9 Å². The molecule has 0 bridgehead atoms. The number of nitrogens with zero attached hydrogens (tertiary/aromatic N) is 1. The molecule has 0 heterocycles. The summed E-state index contributed by atoms with van der Waals surface area (Å²) in [6.45, 7) is 2.06. The molecule has 0 aliphatic rings. The quantitative estimate of drug-likeness (QED) is 0.800. The molecule has 1 rings (SSSR count). The zero-order chi connectivity index (χ0) is 13.5. The van der Waals surface area contributed by atoms with E-state index in [1.807, 2.05) is 24.3 Å². The fourth-order valence-electron chi connectivity index (χ4n) is 1.42. The Morgan fingerprint density at radius 3 is 2.56 bits per heavy atom. The minimum absolute atomic E-state index is 0.172. The number of nitrogens with one attached hydrogen (secondary N) is 2. The number of hydrogen-bond acceptors (Lipinski definition) is 3.